The number of anilines is 1. The van der Waals surface area contributed by atoms with Crippen LogP contribution in [0.4, 0.5) is 5.69 Å². The Morgan fingerprint density at radius 3 is 2.44 bits per heavy atom. The lowest BCUT2D eigenvalue weighted by atomic mass is 9.95. The molecule has 2 saturated heterocycles. The summed E-state index contributed by atoms with van der Waals surface area (Å²) in [6, 6.07) is 18.2. The summed E-state index contributed by atoms with van der Waals surface area (Å²) in [5.41, 5.74) is 4.11. The molecule has 2 N–H and O–H groups in total. The molecule has 5 rings (SSSR count). The van der Waals surface area contributed by atoms with Crippen molar-refractivity contribution in [2.24, 2.45) is 5.92 Å². The Labute approximate surface area is 231 Å². The van der Waals surface area contributed by atoms with Gasteiger partial charge in [-0.2, -0.15) is 0 Å². The molecule has 3 aromatic rings. The third-order valence-corrected chi connectivity index (χ3v) is 11.0. The number of aromatic nitrogens is 3. The Morgan fingerprint density at radius 2 is 1.82 bits per heavy atom. The third-order valence-electron chi connectivity index (χ3n) is 8.48. The van der Waals surface area contributed by atoms with Gasteiger partial charge >= 0.3 is 0 Å². The predicted molar refractivity (Wildman–Crippen MR) is 153 cm³/mol. The summed E-state index contributed by atoms with van der Waals surface area (Å²) >= 11 is 0. The molecule has 9 heteroatoms. The van der Waals surface area contributed by atoms with Gasteiger partial charge in [0.15, 0.2) is 8.32 Å². The Hall–Kier alpha value is -2.85. The largest absolute Gasteiger partial charge is 0.432 e. The number of aliphatic hydroxyl groups is 1. The number of hydrogen-bond donors (Lipinski definition) is 2. The first-order chi connectivity index (χ1) is 18.7. The second-order valence-corrected chi connectivity index (χ2v) is 15.6. The molecule has 2 aliphatic rings. The lowest BCUT2D eigenvalue weighted by molar-refractivity contribution is -0.122. The van der Waals surface area contributed by atoms with E-state index in [4.69, 9.17) is 4.74 Å². The van der Waals surface area contributed by atoms with Crippen LogP contribution < -0.4 is 4.90 Å². The van der Waals surface area contributed by atoms with Gasteiger partial charge in [-0.3, -0.25) is 9.48 Å². The number of ether oxygens (including phenoxy) is 1. The minimum atomic E-state index is -2.47. The fourth-order valence-corrected chi connectivity index (χ4v) is 8.97. The smallest absolute Gasteiger partial charge is 0.228 e. The van der Waals surface area contributed by atoms with Crippen molar-refractivity contribution in [3.63, 3.8) is 0 Å². The molecule has 0 bridgehead atoms. The maximum atomic E-state index is 11.7. The highest BCUT2D eigenvalue weighted by molar-refractivity contribution is 6.71. The lowest BCUT2D eigenvalue weighted by Gasteiger charge is -2.30. The fourth-order valence-electron chi connectivity index (χ4n) is 6.32. The first kappa shape index (κ1) is 27.7. The molecule has 1 unspecified atom stereocenters. The molecule has 0 radical (unpaired) electrons. The highest BCUT2D eigenvalue weighted by Gasteiger charge is 2.49. The zero-order chi connectivity index (χ0) is 27.6. The van der Waals surface area contributed by atoms with E-state index in [1.54, 1.807) is 0 Å². The highest BCUT2D eigenvalue weighted by atomic mass is 28.4. The van der Waals surface area contributed by atoms with Gasteiger partial charge in [0.2, 0.25) is 5.91 Å². The van der Waals surface area contributed by atoms with Gasteiger partial charge in [-0.25, -0.2) is 0 Å². The zero-order valence-electron chi connectivity index (χ0n) is 23.1. The van der Waals surface area contributed by atoms with Crippen LogP contribution in [0.3, 0.4) is 0 Å². The molecule has 5 atom stereocenters. The fraction of sp³-hybridized carbons (Fsp3) is 0.500. The molecule has 0 aliphatic carbocycles. The first-order valence-electron chi connectivity index (χ1n) is 14.1. The first-order valence-corrected chi connectivity index (χ1v) is 17.1. The van der Waals surface area contributed by atoms with E-state index in [2.05, 4.69) is 29.4 Å². The number of aliphatic hydroxyl groups excluding tert-OH is 1. The summed E-state index contributed by atoms with van der Waals surface area (Å²) < 4.78 is 8.45. The topological polar surface area (TPSA) is 101 Å². The number of benzene rings is 2. The summed E-state index contributed by atoms with van der Waals surface area (Å²) in [6.45, 7) is 7.67. The normalized spacial score (nSPS) is 24.1. The minimum absolute atomic E-state index is 0.0287. The third kappa shape index (κ3) is 6.16. The van der Waals surface area contributed by atoms with Crippen molar-refractivity contribution in [1.82, 2.24) is 15.0 Å². The van der Waals surface area contributed by atoms with Crippen LogP contribution in [-0.4, -0.2) is 64.5 Å². The van der Waals surface area contributed by atoms with E-state index >= 15 is 0 Å². The van der Waals surface area contributed by atoms with Crippen molar-refractivity contribution in [2.75, 3.05) is 18.1 Å². The number of nitrogens with zero attached hydrogens (tertiary/aromatic N) is 4. The number of β-lactam (4-membered cyclic amide) rings is 1. The number of amides is 1. The molecular weight excluding hydrogens is 508 g/mol. The van der Waals surface area contributed by atoms with E-state index in [9.17, 15) is 14.7 Å². The SMILES string of the molecule is C[C@@H]1[C@@H]([Si](C)(C)O)[C@H](CCn2cc(C(CO)c3ccccc3)nn2)O[C@@H]1CCc1ccc(N2CCC2=O)cc1. The van der Waals surface area contributed by atoms with Gasteiger partial charge in [0.1, 0.15) is 0 Å². The average molecular weight is 549 g/mol. The molecule has 0 spiro atoms. The van der Waals surface area contributed by atoms with E-state index in [1.165, 1.54) is 5.56 Å². The molecule has 1 amide bonds. The van der Waals surface area contributed by atoms with Crippen molar-refractivity contribution in [3.8, 4) is 0 Å². The van der Waals surface area contributed by atoms with Crippen LogP contribution >= 0.6 is 0 Å². The molecule has 8 nitrogen and oxygen atoms in total. The van der Waals surface area contributed by atoms with Crippen molar-refractivity contribution < 1.29 is 19.4 Å². The van der Waals surface area contributed by atoms with Crippen molar-refractivity contribution in [3.05, 3.63) is 77.6 Å². The van der Waals surface area contributed by atoms with Gasteiger partial charge in [-0.05, 0) is 61.5 Å². The summed E-state index contributed by atoms with van der Waals surface area (Å²) in [7, 11) is -2.47. The van der Waals surface area contributed by atoms with Gasteiger partial charge in [0.25, 0.3) is 0 Å². The van der Waals surface area contributed by atoms with Gasteiger partial charge < -0.3 is 19.5 Å². The molecule has 2 fully saturated rings. The van der Waals surface area contributed by atoms with Crippen LogP contribution in [0.2, 0.25) is 18.6 Å². The molecular formula is C30H40N4O4Si. The number of hydrogen-bond acceptors (Lipinski definition) is 6. The predicted octanol–water partition coefficient (Wildman–Crippen LogP) is 4.13. The van der Waals surface area contributed by atoms with Crippen LogP contribution in [0, 0.1) is 5.92 Å². The summed E-state index contributed by atoms with van der Waals surface area (Å²) in [5.74, 6) is 0.252. The number of carbonyl (C=O) groups is 1. The van der Waals surface area contributed by atoms with E-state index in [1.807, 2.05) is 71.3 Å². The number of carbonyl (C=O) groups excluding carboxylic acids is 1. The number of rotatable bonds is 11. The maximum Gasteiger partial charge on any atom is 0.228 e. The van der Waals surface area contributed by atoms with Crippen LogP contribution in [0.15, 0.2) is 60.8 Å². The minimum Gasteiger partial charge on any atom is -0.432 e. The zero-order valence-corrected chi connectivity index (χ0v) is 24.1. The molecule has 2 aromatic carbocycles. The monoisotopic (exact) mass is 548 g/mol. The average Bonchev–Trinajstić information content (AvgIpc) is 3.51. The van der Waals surface area contributed by atoms with Crippen LogP contribution in [0.25, 0.3) is 0 Å². The maximum absolute atomic E-state index is 11.7. The van der Waals surface area contributed by atoms with E-state index in [0.717, 1.165) is 42.8 Å². The summed E-state index contributed by atoms with van der Waals surface area (Å²) in [5, 5.41) is 18.7. The van der Waals surface area contributed by atoms with Gasteiger partial charge in [-0.1, -0.05) is 54.6 Å². The Kier molecular flexibility index (Phi) is 8.32. The Morgan fingerprint density at radius 1 is 1.08 bits per heavy atom. The van der Waals surface area contributed by atoms with Gasteiger partial charge in [0, 0.05) is 36.9 Å². The van der Waals surface area contributed by atoms with Crippen LogP contribution in [0.1, 0.15) is 48.9 Å². The molecule has 0 saturated carbocycles. The lowest BCUT2D eigenvalue weighted by Crippen LogP contribution is -2.43. The molecule has 2 aliphatic heterocycles. The van der Waals surface area contributed by atoms with E-state index < -0.39 is 8.32 Å². The summed E-state index contributed by atoms with van der Waals surface area (Å²) in [6.07, 6.45) is 5.14. The van der Waals surface area contributed by atoms with Gasteiger partial charge in [-0.15, -0.1) is 5.10 Å². The van der Waals surface area contributed by atoms with Crippen LogP contribution in [-0.2, 0) is 22.5 Å². The van der Waals surface area contributed by atoms with Crippen molar-refractivity contribution >= 4 is 19.9 Å². The molecule has 39 heavy (non-hydrogen) atoms. The summed E-state index contributed by atoms with van der Waals surface area (Å²) in [4.78, 5) is 24.7. The van der Waals surface area contributed by atoms with E-state index in [0.29, 0.717) is 13.0 Å². The van der Waals surface area contributed by atoms with Gasteiger partial charge in [0.05, 0.1) is 30.4 Å². The second kappa shape index (κ2) is 11.7. The Balaban J connectivity index is 1.20. The Bertz CT molecular complexity index is 1240. The molecule has 208 valence electrons. The number of aryl methyl sites for hydroxylation is 2. The van der Waals surface area contributed by atoms with Crippen LogP contribution in [0.5, 0.6) is 0 Å². The van der Waals surface area contributed by atoms with Crippen molar-refractivity contribution in [2.45, 2.75) is 75.9 Å². The second-order valence-electron chi connectivity index (χ2n) is 11.6. The highest BCUT2D eigenvalue weighted by Crippen LogP contribution is 2.45. The molecule has 3 heterocycles. The van der Waals surface area contributed by atoms with Crippen molar-refractivity contribution in [1.29, 1.82) is 0 Å². The van der Waals surface area contributed by atoms with E-state index in [-0.39, 0.29) is 42.1 Å². The quantitative estimate of drug-likeness (QED) is 0.276. The standard InChI is InChI=1S/C30H40N4O4Si/c1-21-27(14-11-22-9-12-24(13-10-22)34-18-16-29(34)36)38-28(30(21)39(2,3)37)15-17-33-19-26(31-32-33)25(20-35)23-7-5-4-6-8-23/h4-10,12-13,19,21,25,27-28,30,35,37H,11,14-18,20H2,1-3H3/t21-,25?,27+,28-,30+/m0/s1. The molecule has 1 aromatic heterocycles.